The van der Waals surface area contributed by atoms with Crippen LogP contribution in [0, 0.1) is 6.92 Å². The third-order valence-electron chi connectivity index (χ3n) is 5.88. The highest BCUT2D eigenvalue weighted by molar-refractivity contribution is 8.14. The minimum atomic E-state index is -1.08. The average Bonchev–Trinajstić information content (AvgIpc) is 3.23. The Morgan fingerprint density at radius 3 is 2.38 bits per heavy atom. The molecule has 3 unspecified atom stereocenters. The van der Waals surface area contributed by atoms with E-state index in [1.54, 1.807) is 12.1 Å². The van der Waals surface area contributed by atoms with Gasteiger partial charge in [0.2, 0.25) is 11.8 Å². The first-order chi connectivity index (χ1) is 16.2. The Balaban J connectivity index is 1.72. The summed E-state index contributed by atoms with van der Waals surface area (Å²) < 4.78 is 0. The van der Waals surface area contributed by atoms with Crippen molar-refractivity contribution in [2.45, 2.75) is 50.4 Å². The van der Waals surface area contributed by atoms with Crippen LogP contribution in [0.2, 0.25) is 0 Å². The van der Waals surface area contributed by atoms with Crippen molar-refractivity contribution in [2.24, 2.45) is 0 Å². The van der Waals surface area contributed by atoms with Gasteiger partial charge in [-0.3, -0.25) is 14.4 Å². The fraction of sp³-hybridized carbons (Fsp3) is 0.360. The van der Waals surface area contributed by atoms with Crippen molar-refractivity contribution in [1.82, 2.24) is 10.2 Å². The van der Waals surface area contributed by atoms with Crippen molar-refractivity contribution in [3.05, 3.63) is 65.2 Å². The summed E-state index contributed by atoms with van der Waals surface area (Å²) in [6.07, 6.45) is 1.08. The van der Waals surface area contributed by atoms with E-state index in [0.29, 0.717) is 12.8 Å². The number of nitrogens with zero attached hydrogens (tertiary/aromatic N) is 1. The van der Waals surface area contributed by atoms with Gasteiger partial charge in [-0.2, -0.15) is 0 Å². The molecule has 1 fully saturated rings. The van der Waals surface area contributed by atoms with Crippen molar-refractivity contribution < 1.29 is 29.4 Å². The summed E-state index contributed by atoms with van der Waals surface area (Å²) in [6.45, 7) is 2.91. The standard InChI is InChI=1S/C25H28N2O6S/c1-15-5-3-4-6-19(15)20-11-12-21(25(32)33)27(20)23(30)14-26-24(31)22(34-16(2)28)13-17-7-9-18(29)10-8-17/h3-10,20-22,29H,11-14H2,1-2H3,(H,26,31)(H,32,33). The number of hydrogen-bond donors (Lipinski definition) is 3. The zero-order valence-electron chi connectivity index (χ0n) is 19.1. The van der Waals surface area contributed by atoms with Crippen LogP contribution in [-0.4, -0.2) is 55.8 Å². The number of carboxylic acids is 1. The van der Waals surface area contributed by atoms with Gasteiger partial charge in [0, 0.05) is 6.92 Å². The highest BCUT2D eigenvalue weighted by Crippen LogP contribution is 2.37. The molecule has 2 aromatic rings. The maximum absolute atomic E-state index is 13.1. The predicted molar refractivity (Wildman–Crippen MR) is 128 cm³/mol. The fourth-order valence-electron chi connectivity index (χ4n) is 4.27. The molecule has 3 rings (SSSR count). The van der Waals surface area contributed by atoms with Gasteiger partial charge in [0.15, 0.2) is 5.12 Å². The molecule has 2 aromatic carbocycles. The number of likely N-dealkylation sites (tertiary alicyclic amines) is 1. The van der Waals surface area contributed by atoms with E-state index < -0.39 is 29.1 Å². The Hall–Kier alpha value is -3.33. The molecule has 180 valence electrons. The summed E-state index contributed by atoms with van der Waals surface area (Å²) >= 11 is 0.863. The number of carbonyl (C=O) groups is 4. The molecule has 0 saturated carbocycles. The number of nitrogens with one attached hydrogen (secondary N) is 1. The van der Waals surface area contributed by atoms with Crippen LogP contribution in [0.15, 0.2) is 48.5 Å². The second-order valence-corrected chi connectivity index (χ2v) is 9.67. The van der Waals surface area contributed by atoms with Crippen LogP contribution in [0.1, 0.15) is 42.5 Å². The van der Waals surface area contributed by atoms with Crippen LogP contribution >= 0.6 is 11.8 Å². The summed E-state index contributed by atoms with van der Waals surface area (Å²) in [4.78, 5) is 50.9. The Labute approximate surface area is 202 Å². The Kier molecular flexibility index (Phi) is 8.33. The van der Waals surface area contributed by atoms with Gasteiger partial charge < -0.3 is 20.4 Å². The lowest BCUT2D eigenvalue weighted by Gasteiger charge is -2.30. The van der Waals surface area contributed by atoms with E-state index in [9.17, 15) is 29.4 Å². The first-order valence-corrected chi connectivity index (χ1v) is 11.9. The second kappa shape index (κ2) is 11.2. The summed E-state index contributed by atoms with van der Waals surface area (Å²) in [5, 5.41) is 20.7. The van der Waals surface area contributed by atoms with Gasteiger partial charge in [-0.15, -0.1) is 0 Å². The number of thioether (sulfide) groups is 1. The normalized spacial score (nSPS) is 18.4. The number of phenols is 1. The van der Waals surface area contributed by atoms with Crippen LogP contribution < -0.4 is 5.32 Å². The number of phenolic OH excluding ortho intramolecular Hbond substituents is 1. The number of carboxylic acid groups (broad SMARTS) is 1. The molecule has 9 heteroatoms. The molecule has 1 saturated heterocycles. The first kappa shape index (κ1) is 25.3. The zero-order chi connectivity index (χ0) is 24.8. The number of aryl methyl sites for hydroxylation is 1. The Morgan fingerprint density at radius 1 is 1.09 bits per heavy atom. The topological polar surface area (TPSA) is 124 Å². The summed E-state index contributed by atoms with van der Waals surface area (Å²) in [6, 6.07) is 12.5. The lowest BCUT2D eigenvalue weighted by Crippen LogP contribution is -2.48. The lowest BCUT2D eigenvalue weighted by molar-refractivity contribution is -0.149. The molecule has 0 aliphatic carbocycles. The van der Waals surface area contributed by atoms with Gasteiger partial charge in [0.05, 0.1) is 17.8 Å². The molecule has 1 heterocycles. The number of rotatable bonds is 8. The second-order valence-electron chi connectivity index (χ2n) is 8.29. The average molecular weight is 485 g/mol. The SMILES string of the molecule is CC(=O)SC(Cc1ccc(O)cc1)C(=O)NCC(=O)N1C(C(=O)O)CCC1c1ccccc1C. The highest BCUT2D eigenvalue weighted by atomic mass is 32.2. The van der Waals surface area contributed by atoms with Crippen molar-refractivity contribution in [2.75, 3.05) is 6.54 Å². The van der Waals surface area contributed by atoms with Gasteiger partial charge in [0.25, 0.3) is 0 Å². The van der Waals surface area contributed by atoms with Crippen molar-refractivity contribution in [3.8, 4) is 5.75 Å². The zero-order valence-corrected chi connectivity index (χ0v) is 19.9. The quantitative estimate of drug-likeness (QED) is 0.526. The number of aromatic hydroxyl groups is 1. The first-order valence-electron chi connectivity index (χ1n) is 11.0. The smallest absolute Gasteiger partial charge is 0.326 e. The molecular formula is C25H28N2O6S. The number of hydrogen-bond acceptors (Lipinski definition) is 6. The molecule has 3 atom stereocenters. The van der Waals surface area contributed by atoms with Crippen LogP contribution in [0.4, 0.5) is 0 Å². The molecule has 0 aromatic heterocycles. The third-order valence-corrected chi connectivity index (χ3v) is 6.87. The minimum Gasteiger partial charge on any atom is -0.508 e. The molecular weight excluding hydrogens is 456 g/mol. The van der Waals surface area contributed by atoms with Crippen LogP contribution in [0.25, 0.3) is 0 Å². The van der Waals surface area contributed by atoms with E-state index in [-0.39, 0.29) is 29.9 Å². The fourth-order valence-corrected chi connectivity index (χ4v) is 5.14. The van der Waals surface area contributed by atoms with Crippen molar-refractivity contribution >= 4 is 34.7 Å². The Bertz CT molecular complexity index is 1070. The van der Waals surface area contributed by atoms with Gasteiger partial charge in [-0.05, 0) is 55.0 Å². The largest absolute Gasteiger partial charge is 0.508 e. The van der Waals surface area contributed by atoms with Crippen molar-refractivity contribution in [1.29, 1.82) is 0 Å². The number of aliphatic carboxylic acids is 1. The van der Waals surface area contributed by atoms with E-state index in [1.165, 1.54) is 24.0 Å². The van der Waals surface area contributed by atoms with E-state index >= 15 is 0 Å². The summed E-state index contributed by atoms with van der Waals surface area (Å²) in [5.74, 6) is -1.95. The molecule has 1 aliphatic heterocycles. The number of benzene rings is 2. The van der Waals surface area contributed by atoms with Crippen molar-refractivity contribution in [3.63, 3.8) is 0 Å². The third kappa shape index (κ3) is 6.17. The Morgan fingerprint density at radius 2 is 1.76 bits per heavy atom. The highest BCUT2D eigenvalue weighted by Gasteiger charge is 2.42. The number of carbonyl (C=O) groups excluding carboxylic acids is 3. The monoisotopic (exact) mass is 484 g/mol. The molecule has 0 radical (unpaired) electrons. The van der Waals surface area contributed by atoms with Crippen LogP contribution in [-0.2, 0) is 25.6 Å². The van der Waals surface area contributed by atoms with Crippen LogP contribution in [0.3, 0.4) is 0 Å². The molecule has 0 bridgehead atoms. The molecule has 2 amide bonds. The molecule has 8 nitrogen and oxygen atoms in total. The van der Waals surface area contributed by atoms with Gasteiger partial charge in [-0.1, -0.05) is 48.2 Å². The molecule has 3 N–H and O–H groups in total. The van der Waals surface area contributed by atoms with Gasteiger partial charge >= 0.3 is 5.97 Å². The summed E-state index contributed by atoms with van der Waals surface area (Å²) in [5.41, 5.74) is 2.61. The maximum Gasteiger partial charge on any atom is 0.326 e. The van der Waals surface area contributed by atoms with E-state index in [2.05, 4.69) is 5.32 Å². The molecule has 34 heavy (non-hydrogen) atoms. The lowest BCUT2D eigenvalue weighted by atomic mass is 9.99. The predicted octanol–water partition coefficient (Wildman–Crippen LogP) is 2.82. The van der Waals surface area contributed by atoms with E-state index in [0.717, 1.165) is 28.5 Å². The molecule has 1 aliphatic rings. The van der Waals surface area contributed by atoms with Crippen LogP contribution in [0.5, 0.6) is 5.75 Å². The van der Waals surface area contributed by atoms with Gasteiger partial charge in [0.1, 0.15) is 11.8 Å². The van der Waals surface area contributed by atoms with E-state index in [1.807, 2.05) is 31.2 Å². The minimum absolute atomic E-state index is 0.0939. The number of amides is 2. The summed E-state index contributed by atoms with van der Waals surface area (Å²) in [7, 11) is 0. The molecule has 0 spiro atoms. The maximum atomic E-state index is 13.1. The van der Waals surface area contributed by atoms with Gasteiger partial charge in [-0.25, -0.2) is 4.79 Å². The van der Waals surface area contributed by atoms with E-state index in [4.69, 9.17) is 0 Å².